The molecule has 2 saturated heterocycles. The van der Waals surface area contributed by atoms with Crippen LogP contribution in [0.1, 0.15) is 46.2 Å². The van der Waals surface area contributed by atoms with E-state index in [0.29, 0.717) is 11.4 Å². The number of ether oxygens (including phenoxy) is 4. The van der Waals surface area contributed by atoms with Crippen LogP contribution in [0.25, 0.3) is 5.69 Å². The molecule has 2 fully saturated rings. The predicted octanol–water partition coefficient (Wildman–Crippen LogP) is 5.05. The van der Waals surface area contributed by atoms with E-state index in [0.717, 1.165) is 43.6 Å². The van der Waals surface area contributed by atoms with Crippen LogP contribution in [0.3, 0.4) is 0 Å². The molecule has 2 aliphatic rings. The van der Waals surface area contributed by atoms with E-state index in [9.17, 15) is 18.4 Å². The largest absolute Gasteiger partial charge is 0.491 e. The summed E-state index contributed by atoms with van der Waals surface area (Å²) in [7, 11) is 0. The zero-order valence-electron chi connectivity index (χ0n) is 32.5. The number of halogens is 2. The van der Waals surface area contributed by atoms with Gasteiger partial charge in [-0.2, -0.15) is 10.2 Å². The van der Waals surface area contributed by atoms with Crippen molar-refractivity contribution in [3.8, 4) is 11.4 Å². The molecule has 2 aromatic heterocycles. The molecule has 0 spiro atoms. The van der Waals surface area contributed by atoms with Crippen molar-refractivity contribution in [2.24, 2.45) is 0 Å². The average molecular weight is 788 g/mol. The van der Waals surface area contributed by atoms with Crippen LogP contribution in [0.15, 0.2) is 90.5 Å². The van der Waals surface area contributed by atoms with Crippen molar-refractivity contribution >= 4 is 17.5 Å². The summed E-state index contributed by atoms with van der Waals surface area (Å²) in [6.45, 7) is 12.5. The number of benzene rings is 3. The van der Waals surface area contributed by atoms with Crippen LogP contribution >= 0.6 is 0 Å². The van der Waals surface area contributed by atoms with Gasteiger partial charge in [-0.1, -0.05) is 0 Å². The van der Waals surface area contributed by atoms with E-state index in [1.807, 2.05) is 55.5 Å². The molecule has 0 radical (unpaired) electrons. The monoisotopic (exact) mass is 787 g/mol. The van der Waals surface area contributed by atoms with E-state index < -0.39 is 47.3 Å². The number of nitrogens with one attached hydrogen (secondary N) is 1. The maximum Gasteiger partial charge on any atom is 0.407 e. The third-order valence-corrected chi connectivity index (χ3v) is 10.00. The number of carbonyl (C=O) groups is 1. The Kier molecular flexibility index (Phi) is 11.3. The fraction of sp³-hybridized carbons (Fsp3) is 0.425. The lowest BCUT2D eigenvalue weighted by Gasteiger charge is -2.37. The van der Waals surface area contributed by atoms with Crippen LogP contribution in [0.2, 0.25) is 0 Å². The van der Waals surface area contributed by atoms with E-state index in [1.165, 1.54) is 45.0 Å². The normalized spacial score (nSPS) is 19.7. The Bertz CT molecular complexity index is 2180. The quantitative estimate of drug-likeness (QED) is 0.182. The number of nitrogens with zero attached hydrogens (tertiary/aromatic N) is 8. The van der Waals surface area contributed by atoms with Gasteiger partial charge in [0, 0.05) is 49.2 Å². The summed E-state index contributed by atoms with van der Waals surface area (Å²) in [5.41, 5.74) is 1.94. The zero-order valence-corrected chi connectivity index (χ0v) is 32.5. The lowest BCUT2D eigenvalue weighted by molar-refractivity contribution is -0.192. The van der Waals surface area contributed by atoms with Crippen molar-refractivity contribution in [1.82, 2.24) is 34.4 Å². The predicted molar refractivity (Wildman–Crippen MR) is 207 cm³/mol. The van der Waals surface area contributed by atoms with Crippen molar-refractivity contribution < 1.29 is 32.5 Å². The second-order valence-corrected chi connectivity index (χ2v) is 15.2. The molecule has 57 heavy (non-hydrogen) atoms. The molecule has 4 heterocycles. The first kappa shape index (κ1) is 39.4. The number of amides is 1. The summed E-state index contributed by atoms with van der Waals surface area (Å²) in [6.07, 6.45) is 3.25. The molecule has 1 N–H and O–H groups in total. The molecule has 1 amide bonds. The van der Waals surface area contributed by atoms with Crippen molar-refractivity contribution in [2.75, 3.05) is 49.2 Å². The number of alkyl carbamates (subject to hydrolysis) is 1. The molecule has 0 aliphatic carbocycles. The van der Waals surface area contributed by atoms with Gasteiger partial charge in [-0.25, -0.2) is 37.3 Å². The number of rotatable bonds is 12. The van der Waals surface area contributed by atoms with Gasteiger partial charge in [0.25, 0.3) is 0 Å². The number of hydrogen-bond donors (Lipinski definition) is 1. The van der Waals surface area contributed by atoms with Crippen LogP contribution in [-0.2, 0) is 26.5 Å². The Hall–Kier alpha value is -5.81. The van der Waals surface area contributed by atoms with Gasteiger partial charge in [-0.15, -0.1) is 0 Å². The molecular weight excluding hydrogens is 740 g/mol. The minimum absolute atomic E-state index is 0.0190. The summed E-state index contributed by atoms with van der Waals surface area (Å²) in [6, 6.07) is 18.1. The molecule has 2 aliphatic heterocycles. The lowest BCUT2D eigenvalue weighted by atomic mass is 10.0. The average Bonchev–Trinajstić information content (AvgIpc) is 3.94. The first-order valence-corrected chi connectivity index (χ1v) is 18.9. The highest BCUT2D eigenvalue weighted by Crippen LogP contribution is 2.38. The van der Waals surface area contributed by atoms with Crippen molar-refractivity contribution in [3.05, 3.63) is 113 Å². The summed E-state index contributed by atoms with van der Waals surface area (Å²) < 4.78 is 56.6. The van der Waals surface area contributed by atoms with Gasteiger partial charge in [-0.05, 0) is 95.3 Å². The Morgan fingerprint density at radius 3 is 2.19 bits per heavy atom. The Balaban J connectivity index is 0.900. The molecule has 0 saturated carbocycles. The van der Waals surface area contributed by atoms with Gasteiger partial charge in [0.15, 0.2) is 0 Å². The third-order valence-electron chi connectivity index (χ3n) is 10.00. The minimum atomic E-state index is -1.53. The lowest BCUT2D eigenvalue weighted by Crippen LogP contribution is -2.46. The molecule has 17 heteroatoms. The minimum Gasteiger partial charge on any atom is -0.491 e. The second kappa shape index (κ2) is 16.3. The van der Waals surface area contributed by atoms with Gasteiger partial charge >= 0.3 is 11.8 Å². The third kappa shape index (κ3) is 9.10. The van der Waals surface area contributed by atoms with E-state index in [2.05, 4.69) is 30.3 Å². The molecule has 7 rings (SSSR count). The maximum atomic E-state index is 14.9. The van der Waals surface area contributed by atoms with Crippen LogP contribution in [-0.4, -0.2) is 92.3 Å². The second-order valence-electron chi connectivity index (χ2n) is 15.2. The molecule has 0 bridgehead atoms. The highest BCUT2D eigenvalue weighted by Gasteiger charge is 2.46. The first-order chi connectivity index (χ1) is 27.3. The zero-order chi connectivity index (χ0) is 40.3. The Morgan fingerprint density at radius 1 is 0.930 bits per heavy atom. The van der Waals surface area contributed by atoms with Gasteiger partial charge < -0.3 is 34.1 Å². The van der Waals surface area contributed by atoms with Crippen LogP contribution in [0.4, 0.5) is 25.0 Å². The molecule has 0 unspecified atom stereocenters. The standard InChI is InChI=1S/C40H47F2N9O6/c1-27(46-37(52)57-39(3,4)5)28(2)51-38(53)50(26-45-51)32-9-7-30(8-10-32)47-16-18-48(19-17-47)31-11-13-33(14-12-31)54-21-34-22-55-40(56-34,23-49-25-43-24-44-49)35-15-6-29(41)20-36(35)42/h6-15,20,24-28,34H,16-19,21-23H2,1-5H3,(H,46,52)/t27-,28+,34-,40-/m1/s1. The van der Waals surface area contributed by atoms with Crippen LogP contribution in [0, 0.1) is 11.6 Å². The molecule has 4 atom stereocenters. The number of piperazine rings is 1. The van der Waals surface area contributed by atoms with E-state index in [1.54, 1.807) is 27.7 Å². The molecule has 3 aromatic carbocycles. The molecule has 15 nitrogen and oxygen atoms in total. The fourth-order valence-corrected chi connectivity index (χ4v) is 6.87. The Labute approximate surface area is 328 Å². The van der Waals surface area contributed by atoms with Gasteiger partial charge in [0.2, 0.25) is 5.79 Å². The van der Waals surface area contributed by atoms with Gasteiger partial charge in [-0.3, -0.25) is 0 Å². The highest BCUT2D eigenvalue weighted by atomic mass is 19.1. The van der Waals surface area contributed by atoms with Crippen molar-refractivity contribution in [1.29, 1.82) is 0 Å². The fourth-order valence-electron chi connectivity index (χ4n) is 6.87. The summed E-state index contributed by atoms with van der Waals surface area (Å²) in [4.78, 5) is 34.1. The number of carbonyl (C=O) groups excluding carboxylic acids is 1. The van der Waals surface area contributed by atoms with Gasteiger partial charge in [0.05, 0.1) is 24.4 Å². The maximum absolute atomic E-state index is 14.9. The van der Waals surface area contributed by atoms with Crippen LogP contribution in [0.5, 0.6) is 5.75 Å². The SMILES string of the molecule is C[C@@H](NC(=O)OC(C)(C)C)[C@H](C)n1ncn(-c2ccc(N3CCN(c4ccc(OC[C@@H]5CO[C@@](Cn6cncn6)(c6ccc(F)cc6F)O5)cc4)CC3)cc2)c1=O. The topological polar surface area (TPSA) is 143 Å². The van der Waals surface area contributed by atoms with E-state index in [-0.39, 0.29) is 31.0 Å². The molecule has 5 aromatic rings. The smallest absolute Gasteiger partial charge is 0.407 e. The van der Waals surface area contributed by atoms with Crippen molar-refractivity contribution in [3.63, 3.8) is 0 Å². The number of hydrogen-bond acceptors (Lipinski definition) is 11. The Morgan fingerprint density at radius 2 is 1.58 bits per heavy atom. The molecule has 302 valence electrons. The summed E-state index contributed by atoms with van der Waals surface area (Å²) in [5.74, 6) is -2.36. The van der Waals surface area contributed by atoms with Crippen LogP contribution < -0.4 is 25.5 Å². The number of aromatic nitrogens is 6. The molecular formula is C40H47F2N9O6. The summed E-state index contributed by atoms with van der Waals surface area (Å²) in [5, 5.41) is 11.2. The summed E-state index contributed by atoms with van der Waals surface area (Å²) >= 11 is 0. The van der Waals surface area contributed by atoms with Gasteiger partial charge in [0.1, 0.15) is 61.2 Å². The van der Waals surface area contributed by atoms with Crippen molar-refractivity contribution in [2.45, 2.75) is 70.7 Å². The van der Waals surface area contributed by atoms with E-state index >= 15 is 0 Å². The number of anilines is 2. The van der Waals surface area contributed by atoms with E-state index in [4.69, 9.17) is 18.9 Å². The first-order valence-electron chi connectivity index (χ1n) is 18.9. The highest BCUT2D eigenvalue weighted by molar-refractivity contribution is 5.68.